The monoisotopic (exact) mass is 234 g/mol. The first-order valence-electron chi connectivity index (χ1n) is 5.45. The first kappa shape index (κ1) is 11.6. The van der Waals surface area contributed by atoms with Gasteiger partial charge in [0.15, 0.2) is 0 Å². The van der Waals surface area contributed by atoms with Crippen LogP contribution in [0.4, 0.5) is 5.69 Å². The Morgan fingerprint density at radius 3 is 2.24 bits per heavy atom. The Morgan fingerprint density at radius 2 is 1.82 bits per heavy atom. The van der Waals surface area contributed by atoms with Crippen molar-refractivity contribution in [2.75, 3.05) is 5.32 Å². The van der Waals surface area contributed by atoms with Gasteiger partial charge in [-0.3, -0.25) is 4.79 Å². The maximum absolute atomic E-state index is 11.8. The molecule has 1 saturated carbocycles. The lowest BCUT2D eigenvalue weighted by Crippen LogP contribution is -2.56. The molecule has 0 radical (unpaired) electrons. The van der Waals surface area contributed by atoms with Crippen LogP contribution in [0.2, 0.25) is 0 Å². The summed E-state index contributed by atoms with van der Waals surface area (Å²) in [6.45, 7) is 0. The Labute approximate surface area is 98.6 Å². The third-order valence-electron chi connectivity index (χ3n) is 3.09. The second-order valence-corrected chi connectivity index (χ2v) is 4.35. The molecule has 0 heterocycles. The van der Waals surface area contributed by atoms with Crippen LogP contribution in [0.3, 0.4) is 0 Å². The lowest BCUT2D eigenvalue weighted by atomic mass is 9.77. The number of nitrogens with two attached hydrogens (primary N) is 1. The predicted molar refractivity (Wildman–Crippen MR) is 62.8 cm³/mol. The maximum atomic E-state index is 11.8. The van der Waals surface area contributed by atoms with E-state index in [1.807, 2.05) is 0 Å². The molecule has 0 aliphatic heterocycles. The van der Waals surface area contributed by atoms with Gasteiger partial charge in [0.1, 0.15) is 0 Å². The van der Waals surface area contributed by atoms with Crippen LogP contribution in [-0.4, -0.2) is 22.5 Å². The highest BCUT2D eigenvalue weighted by atomic mass is 16.4. The molecular weight excluding hydrogens is 220 g/mol. The molecule has 0 saturated heterocycles. The van der Waals surface area contributed by atoms with Crippen molar-refractivity contribution in [1.82, 2.24) is 0 Å². The number of benzene rings is 1. The smallest absolute Gasteiger partial charge is 0.335 e. The molecule has 17 heavy (non-hydrogen) atoms. The van der Waals surface area contributed by atoms with E-state index >= 15 is 0 Å². The van der Waals surface area contributed by atoms with Crippen LogP contribution in [0.25, 0.3) is 0 Å². The van der Waals surface area contributed by atoms with Crippen molar-refractivity contribution in [3.05, 3.63) is 29.8 Å². The van der Waals surface area contributed by atoms with Crippen LogP contribution >= 0.6 is 0 Å². The van der Waals surface area contributed by atoms with Crippen LogP contribution in [0.1, 0.15) is 29.6 Å². The number of anilines is 1. The van der Waals surface area contributed by atoms with E-state index in [2.05, 4.69) is 5.32 Å². The molecule has 5 heteroatoms. The Kier molecular flexibility index (Phi) is 2.85. The summed E-state index contributed by atoms with van der Waals surface area (Å²) in [5.41, 5.74) is 5.88. The number of carbonyl (C=O) groups excluding carboxylic acids is 1. The lowest BCUT2D eigenvalue weighted by Gasteiger charge is -2.36. The normalized spacial score (nSPS) is 17.0. The fraction of sp³-hybridized carbons (Fsp3) is 0.333. The minimum absolute atomic E-state index is 0.189. The molecule has 1 amide bonds. The van der Waals surface area contributed by atoms with Crippen molar-refractivity contribution in [3.63, 3.8) is 0 Å². The molecule has 5 nitrogen and oxygen atoms in total. The average Bonchev–Trinajstić information content (AvgIpc) is 2.26. The third kappa shape index (κ3) is 2.29. The summed E-state index contributed by atoms with van der Waals surface area (Å²) in [4.78, 5) is 22.4. The van der Waals surface area contributed by atoms with E-state index in [1.165, 1.54) is 12.1 Å². The van der Waals surface area contributed by atoms with E-state index in [9.17, 15) is 9.59 Å². The molecule has 0 unspecified atom stereocenters. The van der Waals surface area contributed by atoms with Gasteiger partial charge >= 0.3 is 5.97 Å². The fourth-order valence-corrected chi connectivity index (χ4v) is 1.74. The number of hydrogen-bond donors (Lipinski definition) is 3. The molecule has 1 aromatic rings. The van der Waals surface area contributed by atoms with Crippen LogP contribution in [0, 0.1) is 0 Å². The van der Waals surface area contributed by atoms with Crippen molar-refractivity contribution < 1.29 is 14.7 Å². The topological polar surface area (TPSA) is 92.4 Å². The van der Waals surface area contributed by atoms with Crippen molar-refractivity contribution >= 4 is 17.6 Å². The molecule has 1 aliphatic carbocycles. The zero-order chi connectivity index (χ0) is 12.5. The maximum Gasteiger partial charge on any atom is 0.335 e. The van der Waals surface area contributed by atoms with Gasteiger partial charge in [-0.25, -0.2) is 4.79 Å². The number of carboxylic acid groups (broad SMARTS) is 1. The quantitative estimate of drug-likeness (QED) is 0.732. The summed E-state index contributed by atoms with van der Waals surface area (Å²) in [5.74, 6) is -1.19. The molecule has 0 spiro atoms. The second-order valence-electron chi connectivity index (χ2n) is 4.35. The number of amides is 1. The summed E-state index contributed by atoms with van der Waals surface area (Å²) < 4.78 is 0. The number of nitrogens with one attached hydrogen (secondary N) is 1. The zero-order valence-electron chi connectivity index (χ0n) is 9.27. The number of aromatic carboxylic acids is 1. The Bertz CT molecular complexity index is 449. The Morgan fingerprint density at radius 1 is 1.24 bits per heavy atom. The average molecular weight is 234 g/mol. The summed E-state index contributed by atoms with van der Waals surface area (Å²) in [7, 11) is 0. The van der Waals surface area contributed by atoms with Crippen LogP contribution < -0.4 is 11.1 Å². The van der Waals surface area contributed by atoms with Gasteiger partial charge in [0.25, 0.3) is 0 Å². The fourth-order valence-electron chi connectivity index (χ4n) is 1.74. The predicted octanol–water partition coefficient (Wildman–Crippen LogP) is 1.20. The number of hydrogen-bond acceptors (Lipinski definition) is 3. The Balaban J connectivity index is 2.04. The van der Waals surface area contributed by atoms with Crippen molar-refractivity contribution in [3.8, 4) is 0 Å². The van der Waals surface area contributed by atoms with Gasteiger partial charge in [-0.15, -0.1) is 0 Å². The molecule has 90 valence electrons. The van der Waals surface area contributed by atoms with Gasteiger partial charge < -0.3 is 16.2 Å². The molecule has 4 N–H and O–H groups in total. The first-order valence-corrected chi connectivity index (χ1v) is 5.45. The van der Waals surface area contributed by atoms with E-state index in [0.29, 0.717) is 18.5 Å². The summed E-state index contributed by atoms with van der Waals surface area (Å²) in [5, 5.41) is 11.4. The van der Waals surface area contributed by atoms with Gasteiger partial charge in [0.05, 0.1) is 11.1 Å². The number of carbonyl (C=O) groups is 2. The second kappa shape index (κ2) is 4.18. The van der Waals surface area contributed by atoms with Crippen molar-refractivity contribution in [1.29, 1.82) is 0 Å². The highest BCUT2D eigenvalue weighted by molar-refractivity contribution is 5.99. The van der Waals surface area contributed by atoms with Gasteiger partial charge in [-0.1, -0.05) is 0 Å². The van der Waals surface area contributed by atoms with Gasteiger partial charge in [0, 0.05) is 5.69 Å². The van der Waals surface area contributed by atoms with E-state index in [4.69, 9.17) is 10.8 Å². The van der Waals surface area contributed by atoms with Gasteiger partial charge in [0.2, 0.25) is 5.91 Å². The van der Waals surface area contributed by atoms with Gasteiger partial charge in [-0.2, -0.15) is 0 Å². The lowest BCUT2D eigenvalue weighted by molar-refractivity contribution is -0.123. The highest BCUT2D eigenvalue weighted by Crippen LogP contribution is 2.30. The minimum Gasteiger partial charge on any atom is -0.478 e. The zero-order valence-corrected chi connectivity index (χ0v) is 9.27. The first-order chi connectivity index (χ1) is 8.01. The van der Waals surface area contributed by atoms with Crippen LogP contribution in [0.15, 0.2) is 24.3 Å². The summed E-state index contributed by atoms with van der Waals surface area (Å²) in [6, 6.07) is 6.01. The molecule has 0 aromatic heterocycles. The van der Waals surface area contributed by atoms with Crippen LogP contribution in [0.5, 0.6) is 0 Å². The summed E-state index contributed by atoms with van der Waals surface area (Å²) in [6.07, 6.45) is 2.37. The van der Waals surface area contributed by atoms with E-state index in [1.54, 1.807) is 12.1 Å². The van der Waals surface area contributed by atoms with E-state index in [0.717, 1.165) is 6.42 Å². The highest BCUT2D eigenvalue weighted by Gasteiger charge is 2.40. The van der Waals surface area contributed by atoms with E-state index < -0.39 is 11.5 Å². The molecule has 1 aliphatic rings. The molecule has 1 fully saturated rings. The molecule has 1 aromatic carbocycles. The Hall–Kier alpha value is -1.88. The van der Waals surface area contributed by atoms with Crippen LogP contribution in [-0.2, 0) is 4.79 Å². The number of carboxylic acids is 1. The minimum atomic E-state index is -0.989. The van der Waals surface area contributed by atoms with Gasteiger partial charge in [-0.05, 0) is 43.5 Å². The number of rotatable bonds is 3. The molecule has 0 atom stereocenters. The van der Waals surface area contributed by atoms with Crippen molar-refractivity contribution in [2.24, 2.45) is 5.73 Å². The summed E-state index contributed by atoms with van der Waals surface area (Å²) >= 11 is 0. The van der Waals surface area contributed by atoms with Crippen molar-refractivity contribution in [2.45, 2.75) is 24.8 Å². The molecule has 0 bridgehead atoms. The third-order valence-corrected chi connectivity index (χ3v) is 3.09. The standard InChI is InChI=1S/C12H14N2O3/c13-12(6-1-7-12)11(17)14-9-4-2-8(3-5-9)10(15)16/h2-5H,1,6-7,13H2,(H,14,17)(H,15,16). The molecular formula is C12H14N2O3. The van der Waals surface area contributed by atoms with E-state index in [-0.39, 0.29) is 11.5 Å². The molecule has 2 rings (SSSR count). The SMILES string of the molecule is NC1(C(=O)Nc2ccc(C(=O)O)cc2)CCC1. The largest absolute Gasteiger partial charge is 0.478 e.